The molecule has 5 nitrogen and oxygen atoms in total. The second-order valence-electron chi connectivity index (χ2n) is 2.31. The third-order valence-electron chi connectivity index (χ3n) is 1.33. The Morgan fingerprint density at radius 2 is 2.14 bits per heavy atom. The van der Waals surface area contributed by atoms with Crippen LogP contribution in [0.1, 0.15) is 6.92 Å². The molecule has 0 aliphatic heterocycles. The molecule has 0 saturated heterocycles. The summed E-state index contributed by atoms with van der Waals surface area (Å²) in [4.78, 5) is 19.8. The molecule has 0 heterocycles. The molecule has 0 aromatic rings. The van der Waals surface area contributed by atoms with E-state index in [1.165, 1.54) is 6.92 Å². The summed E-state index contributed by atoms with van der Waals surface area (Å²) in [5.74, 6) is -2.08. The van der Waals surface area contributed by atoms with E-state index >= 15 is 0 Å². The number of nitrogens with two attached hydrogens (primary N) is 1. The SMILES string of the molecule is C=C(/C=C(F)\C(=C/C)[N+](=O)[O-])C(N)=O. The van der Waals surface area contributed by atoms with Crippen molar-refractivity contribution < 1.29 is 14.1 Å². The highest BCUT2D eigenvalue weighted by atomic mass is 19.1. The molecular weight excluding hydrogens is 191 g/mol. The molecule has 0 aliphatic carbocycles. The van der Waals surface area contributed by atoms with Gasteiger partial charge in [-0.1, -0.05) is 6.58 Å². The fourth-order valence-electron chi connectivity index (χ4n) is 0.629. The molecule has 14 heavy (non-hydrogen) atoms. The number of hydrogen-bond acceptors (Lipinski definition) is 3. The standard InChI is InChI=1S/C8H9FN2O3/c1-3-7(11(13)14)6(9)4-5(2)8(10)12/h3-4H,2H2,1H3,(H2,10,12)/b6-4+,7-3+. The molecule has 0 bridgehead atoms. The monoisotopic (exact) mass is 200 g/mol. The number of halogens is 1. The summed E-state index contributed by atoms with van der Waals surface area (Å²) < 4.78 is 13.0. The van der Waals surface area contributed by atoms with Crippen LogP contribution in [0.15, 0.2) is 35.8 Å². The molecule has 0 fully saturated rings. The van der Waals surface area contributed by atoms with Crippen molar-refractivity contribution in [3.05, 3.63) is 45.9 Å². The number of hydrogen-bond donors (Lipinski definition) is 1. The van der Waals surface area contributed by atoms with Crippen LogP contribution in [0.4, 0.5) is 4.39 Å². The molecule has 6 heteroatoms. The first-order valence-electron chi connectivity index (χ1n) is 3.57. The topological polar surface area (TPSA) is 86.2 Å². The van der Waals surface area contributed by atoms with E-state index < -0.39 is 22.4 Å². The van der Waals surface area contributed by atoms with Crippen LogP contribution in [0.25, 0.3) is 0 Å². The fourth-order valence-corrected chi connectivity index (χ4v) is 0.629. The molecule has 0 spiro atoms. The maximum absolute atomic E-state index is 13.0. The Morgan fingerprint density at radius 1 is 1.64 bits per heavy atom. The Kier molecular flexibility index (Phi) is 4.21. The Labute approximate surface area is 79.5 Å². The summed E-state index contributed by atoms with van der Waals surface area (Å²) in [6.45, 7) is 4.43. The van der Waals surface area contributed by atoms with Crippen LogP contribution in [0, 0.1) is 10.1 Å². The number of rotatable bonds is 4. The van der Waals surface area contributed by atoms with Gasteiger partial charge in [-0.25, -0.2) is 0 Å². The van der Waals surface area contributed by atoms with Crippen molar-refractivity contribution >= 4 is 5.91 Å². The minimum atomic E-state index is -1.15. The first-order chi connectivity index (χ1) is 6.40. The van der Waals surface area contributed by atoms with Gasteiger partial charge in [-0.3, -0.25) is 14.9 Å². The number of carbonyl (C=O) groups is 1. The molecule has 0 aliphatic rings. The van der Waals surface area contributed by atoms with Crippen LogP contribution < -0.4 is 5.73 Å². The molecule has 0 radical (unpaired) electrons. The van der Waals surface area contributed by atoms with E-state index in [1.807, 2.05) is 0 Å². The molecule has 0 atom stereocenters. The highest BCUT2D eigenvalue weighted by Crippen LogP contribution is 2.13. The van der Waals surface area contributed by atoms with E-state index in [2.05, 4.69) is 6.58 Å². The maximum Gasteiger partial charge on any atom is 0.300 e. The zero-order valence-electron chi connectivity index (χ0n) is 7.49. The number of amides is 1. The van der Waals surface area contributed by atoms with Crippen LogP contribution in [-0.4, -0.2) is 10.8 Å². The van der Waals surface area contributed by atoms with E-state index in [0.717, 1.165) is 6.08 Å². The predicted molar refractivity (Wildman–Crippen MR) is 48.3 cm³/mol. The van der Waals surface area contributed by atoms with Gasteiger partial charge in [0, 0.05) is 5.57 Å². The average molecular weight is 200 g/mol. The van der Waals surface area contributed by atoms with Crippen molar-refractivity contribution in [3.8, 4) is 0 Å². The Hall–Kier alpha value is -1.98. The van der Waals surface area contributed by atoms with Gasteiger partial charge < -0.3 is 5.73 Å². The van der Waals surface area contributed by atoms with Crippen molar-refractivity contribution in [2.75, 3.05) is 0 Å². The zero-order valence-corrected chi connectivity index (χ0v) is 7.49. The van der Waals surface area contributed by atoms with Gasteiger partial charge >= 0.3 is 5.70 Å². The number of nitro groups is 1. The van der Waals surface area contributed by atoms with Crippen molar-refractivity contribution in [1.29, 1.82) is 0 Å². The lowest BCUT2D eigenvalue weighted by Crippen LogP contribution is -2.12. The Bertz CT molecular complexity index is 344. The van der Waals surface area contributed by atoms with Crippen molar-refractivity contribution in [2.45, 2.75) is 6.92 Å². The summed E-state index contributed by atoms with van der Waals surface area (Å²) in [5.41, 5.74) is 3.70. The number of primary amides is 1. The van der Waals surface area contributed by atoms with Gasteiger partial charge in [0.25, 0.3) is 0 Å². The van der Waals surface area contributed by atoms with Gasteiger partial charge in [0.1, 0.15) is 0 Å². The zero-order chi connectivity index (χ0) is 11.3. The second-order valence-corrected chi connectivity index (χ2v) is 2.31. The van der Waals surface area contributed by atoms with Gasteiger partial charge in [-0.15, -0.1) is 0 Å². The summed E-state index contributed by atoms with van der Waals surface area (Å²) in [6, 6.07) is 0. The molecule has 1 amide bonds. The molecule has 76 valence electrons. The van der Waals surface area contributed by atoms with Crippen molar-refractivity contribution in [2.24, 2.45) is 5.73 Å². The van der Waals surface area contributed by atoms with Crippen LogP contribution >= 0.6 is 0 Å². The lowest BCUT2D eigenvalue weighted by Gasteiger charge is -1.95. The number of nitrogens with zero attached hydrogens (tertiary/aromatic N) is 1. The van der Waals surface area contributed by atoms with Gasteiger partial charge in [-0.05, 0) is 19.1 Å². The first kappa shape index (κ1) is 12.0. The van der Waals surface area contributed by atoms with Crippen LogP contribution in [0.2, 0.25) is 0 Å². The fraction of sp³-hybridized carbons (Fsp3) is 0.125. The average Bonchev–Trinajstić information content (AvgIpc) is 2.04. The Balaban J connectivity index is 4.94. The van der Waals surface area contributed by atoms with Crippen LogP contribution in [-0.2, 0) is 4.79 Å². The predicted octanol–water partition coefficient (Wildman–Crippen LogP) is 1.06. The Morgan fingerprint density at radius 3 is 2.43 bits per heavy atom. The second kappa shape index (κ2) is 4.90. The molecule has 0 aromatic carbocycles. The summed E-state index contributed by atoms with van der Waals surface area (Å²) in [5, 5.41) is 10.2. The van der Waals surface area contributed by atoms with Crippen LogP contribution in [0.3, 0.4) is 0 Å². The lowest BCUT2D eigenvalue weighted by atomic mass is 10.2. The quantitative estimate of drug-likeness (QED) is 0.318. The van der Waals surface area contributed by atoms with E-state index in [4.69, 9.17) is 5.73 Å². The number of allylic oxidation sites excluding steroid dienone is 2. The smallest absolute Gasteiger partial charge is 0.300 e. The number of carbonyl (C=O) groups excluding carboxylic acids is 1. The van der Waals surface area contributed by atoms with Gasteiger partial charge in [-0.2, -0.15) is 4.39 Å². The minimum Gasteiger partial charge on any atom is -0.366 e. The summed E-state index contributed by atoms with van der Waals surface area (Å²) >= 11 is 0. The highest BCUT2D eigenvalue weighted by molar-refractivity contribution is 5.94. The molecule has 0 unspecified atom stereocenters. The highest BCUT2D eigenvalue weighted by Gasteiger charge is 2.16. The first-order valence-corrected chi connectivity index (χ1v) is 3.57. The van der Waals surface area contributed by atoms with Gasteiger partial charge in [0.05, 0.1) is 4.92 Å². The molecule has 0 rings (SSSR count). The third-order valence-corrected chi connectivity index (χ3v) is 1.33. The van der Waals surface area contributed by atoms with Crippen molar-refractivity contribution in [3.63, 3.8) is 0 Å². The molecule has 0 saturated carbocycles. The van der Waals surface area contributed by atoms with E-state index in [9.17, 15) is 19.3 Å². The van der Waals surface area contributed by atoms with Crippen molar-refractivity contribution in [1.82, 2.24) is 0 Å². The molecular formula is C8H9FN2O3. The normalized spacial score (nSPS) is 12.4. The van der Waals surface area contributed by atoms with E-state index in [1.54, 1.807) is 0 Å². The largest absolute Gasteiger partial charge is 0.366 e. The molecule has 2 N–H and O–H groups in total. The third kappa shape index (κ3) is 3.18. The van der Waals surface area contributed by atoms with E-state index in [-0.39, 0.29) is 5.57 Å². The van der Waals surface area contributed by atoms with Gasteiger partial charge in [0.15, 0.2) is 0 Å². The maximum atomic E-state index is 13.0. The molecule has 0 aromatic heterocycles. The lowest BCUT2D eigenvalue weighted by molar-refractivity contribution is -0.422. The van der Waals surface area contributed by atoms with E-state index in [0.29, 0.717) is 6.08 Å². The minimum absolute atomic E-state index is 0.330. The summed E-state index contributed by atoms with van der Waals surface area (Å²) in [7, 11) is 0. The summed E-state index contributed by atoms with van der Waals surface area (Å²) in [6.07, 6.45) is 1.60. The van der Waals surface area contributed by atoms with Gasteiger partial charge in [0.2, 0.25) is 11.7 Å². The van der Waals surface area contributed by atoms with Crippen LogP contribution in [0.5, 0.6) is 0 Å².